The molecule has 1 unspecified atom stereocenters. The van der Waals surface area contributed by atoms with Gasteiger partial charge in [0.25, 0.3) is 5.91 Å². The van der Waals surface area contributed by atoms with Gasteiger partial charge in [-0.05, 0) is 26.3 Å². The van der Waals surface area contributed by atoms with Crippen LogP contribution < -0.4 is 5.32 Å². The van der Waals surface area contributed by atoms with Gasteiger partial charge in [0.05, 0.1) is 16.7 Å². The molecule has 0 saturated carbocycles. The van der Waals surface area contributed by atoms with E-state index >= 15 is 0 Å². The molecule has 0 spiro atoms. The molecule has 1 rings (SSSR count). The highest BCUT2D eigenvalue weighted by Gasteiger charge is 2.16. The number of carbonyl (C=O) groups excluding carboxylic acids is 1. The predicted molar refractivity (Wildman–Crippen MR) is 76.7 cm³/mol. The summed E-state index contributed by atoms with van der Waals surface area (Å²) < 4.78 is 0. The molecule has 0 aliphatic heterocycles. The van der Waals surface area contributed by atoms with Gasteiger partial charge in [0, 0.05) is 26.3 Å². The highest BCUT2D eigenvalue weighted by molar-refractivity contribution is 6.33. The number of halogens is 1. The Labute approximate surface area is 118 Å². The zero-order chi connectivity index (χ0) is 14.4. The van der Waals surface area contributed by atoms with Crippen molar-refractivity contribution in [1.82, 2.24) is 9.88 Å². The Bertz CT molecular complexity index is 438. The molecule has 0 bridgehead atoms. The molecule has 0 saturated heterocycles. The van der Waals surface area contributed by atoms with Gasteiger partial charge < -0.3 is 15.3 Å². The molecule has 0 fully saturated rings. The second kappa shape index (κ2) is 7.31. The van der Waals surface area contributed by atoms with Crippen molar-refractivity contribution < 1.29 is 9.90 Å². The van der Waals surface area contributed by atoms with Gasteiger partial charge in [-0.2, -0.15) is 0 Å². The van der Waals surface area contributed by atoms with Gasteiger partial charge in [-0.25, -0.2) is 4.98 Å². The third kappa shape index (κ3) is 4.69. The lowest BCUT2D eigenvalue weighted by atomic mass is 10.2. The highest BCUT2D eigenvalue weighted by atomic mass is 35.5. The van der Waals surface area contributed by atoms with E-state index in [0.717, 1.165) is 6.54 Å². The van der Waals surface area contributed by atoms with Crippen LogP contribution in [0.3, 0.4) is 0 Å². The molecule has 19 heavy (non-hydrogen) atoms. The van der Waals surface area contributed by atoms with Crippen LogP contribution in [-0.2, 0) is 0 Å². The van der Waals surface area contributed by atoms with Gasteiger partial charge >= 0.3 is 0 Å². The SMILES string of the molecule is CCNc1cc(C(=O)N(C)CCC(C)O)c(Cl)cn1. The Hall–Kier alpha value is -1.33. The monoisotopic (exact) mass is 285 g/mol. The molecular formula is C13H20ClN3O2. The van der Waals surface area contributed by atoms with Gasteiger partial charge in [-0.15, -0.1) is 0 Å². The van der Waals surface area contributed by atoms with Crippen molar-refractivity contribution in [3.63, 3.8) is 0 Å². The summed E-state index contributed by atoms with van der Waals surface area (Å²) in [4.78, 5) is 17.9. The molecule has 106 valence electrons. The van der Waals surface area contributed by atoms with Crippen molar-refractivity contribution in [2.24, 2.45) is 0 Å². The first-order valence-corrected chi connectivity index (χ1v) is 6.66. The van der Waals surface area contributed by atoms with Gasteiger partial charge in [0.1, 0.15) is 5.82 Å². The summed E-state index contributed by atoms with van der Waals surface area (Å²) in [5, 5.41) is 12.6. The fourth-order valence-electron chi connectivity index (χ4n) is 1.57. The lowest BCUT2D eigenvalue weighted by molar-refractivity contribution is 0.0769. The summed E-state index contributed by atoms with van der Waals surface area (Å²) in [6, 6.07) is 1.65. The smallest absolute Gasteiger partial charge is 0.255 e. The van der Waals surface area contributed by atoms with Gasteiger partial charge in [-0.3, -0.25) is 4.79 Å². The summed E-state index contributed by atoms with van der Waals surface area (Å²) in [6.07, 6.45) is 1.57. The van der Waals surface area contributed by atoms with Gasteiger partial charge in [0.15, 0.2) is 0 Å². The number of aliphatic hydroxyl groups is 1. The molecule has 0 aliphatic rings. The number of nitrogens with zero attached hydrogens (tertiary/aromatic N) is 2. The number of carbonyl (C=O) groups is 1. The topological polar surface area (TPSA) is 65.5 Å². The molecule has 6 heteroatoms. The fraction of sp³-hybridized carbons (Fsp3) is 0.538. The largest absolute Gasteiger partial charge is 0.393 e. The van der Waals surface area contributed by atoms with Crippen LogP contribution in [-0.4, -0.2) is 47.1 Å². The Morgan fingerprint density at radius 3 is 2.89 bits per heavy atom. The minimum Gasteiger partial charge on any atom is -0.393 e. The molecular weight excluding hydrogens is 266 g/mol. The molecule has 0 aliphatic carbocycles. The third-order valence-electron chi connectivity index (χ3n) is 2.67. The van der Waals surface area contributed by atoms with Crippen molar-refractivity contribution in [1.29, 1.82) is 0 Å². The number of hydrogen-bond donors (Lipinski definition) is 2. The zero-order valence-electron chi connectivity index (χ0n) is 11.5. The lowest BCUT2D eigenvalue weighted by Gasteiger charge is -2.19. The number of aliphatic hydroxyl groups excluding tert-OH is 1. The first kappa shape index (κ1) is 15.7. The second-order valence-corrected chi connectivity index (χ2v) is 4.85. The van der Waals surface area contributed by atoms with Crippen LogP contribution in [0.25, 0.3) is 0 Å². The molecule has 1 amide bonds. The van der Waals surface area contributed by atoms with E-state index in [1.165, 1.54) is 6.20 Å². The predicted octanol–water partition coefficient (Wildman–Crippen LogP) is 2.01. The van der Waals surface area contributed by atoms with Crippen LogP contribution in [0.2, 0.25) is 5.02 Å². The van der Waals surface area contributed by atoms with E-state index in [9.17, 15) is 9.90 Å². The molecule has 1 aromatic rings. The minimum atomic E-state index is -0.430. The van der Waals surface area contributed by atoms with E-state index in [4.69, 9.17) is 11.6 Å². The van der Waals surface area contributed by atoms with Crippen LogP contribution in [0.1, 0.15) is 30.6 Å². The van der Waals surface area contributed by atoms with E-state index in [0.29, 0.717) is 29.4 Å². The van der Waals surface area contributed by atoms with Crippen LogP contribution in [0.5, 0.6) is 0 Å². The molecule has 1 heterocycles. The molecule has 1 aromatic heterocycles. The quantitative estimate of drug-likeness (QED) is 0.839. The number of hydrogen-bond acceptors (Lipinski definition) is 4. The van der Waals surface area contributed by atoms with Crippen LogP contribution in [0.15, 0.2) is 12.3 Å². The molecule has 0 radical (unpaired) electrons. The van der Waals surface area contributed by atoms with E-state index in [1.54, 1.807) is 24.9 Å². The third-order valence-corrected chi connectivity index (χ3v) is 2.97. The first-order chi connectivity index (χ1) is 8.95. The summed E-state index contributed by atoms with van der Waals surface area (Å²) in [7, 11) is 1.69. The Balaban J connectivity index is 2.82. The summed E-state index contributed by atoms with van der Waals surface area (Å²) in [5.74, 6) is 0.450. The van der Waals surface area contributed by atoms with E-state index in [1.807, 2.05) is 6.92 Å². The van der Waals surface area contributed by atoms with Gasteiger partial charge in [0.2, 0.25) is 0 Å². The van der Waals surface area contributed by atoms with Crippen LogP contribution in [0, 0.1) is 0 Å². The average molecular weight is 286 g/mol. The second-order valence-electron chi connectivity index (χ2n) is 4.44. The Kier molecular flexibility index (Phi) is 6.05. The van der Waals surface area contributed by atoms with Crippen LogP contribution in [0.4, 0.5) is 5.82 Å². The maximum Gasteiger partial charge on any atom is 0.255 e. The maximum atomic E-state index is 12.2. The van der Waals surface area contributed by atoms with Gasteiger partial charge in [-0.1, -0.05) is 11.6 Å². The van der Waals surface area contributed by atoms with Crippen molar-refractivity contribution in [3.8, 4) is 0 Å². The summed E-state index contributed by atoms with van der Waals surface area (Å²) >= 11 is 6.01. The van der Waals surface area contributed by atoms with Crippen LogP contribution >= 0.6 is 11.6 Å². The number of aromatic nitrogens is 1. The summed E-state index contributed by atoms with van der Waals surface area (Å²) in [5.41, 5.74) is 0.417. The summed E-state index contributed by atoms with van der Waals surface area (Å²) in [6.45, 7) is 4.85. The number of pyridine rings is 1. The molecule has 2 N–H and O–H groups in total. The average Bonchev–Trinajstić information content (AvgIpc) is 2.37. The first-order valence-electron chi connectivity index (χ1n) is 6.28. The van der Waals surface area contributed by atoms with Crippen molar-refractivity contribution in [3.05, 3.63) is 22.8 Å². The maximum absolute atomic E-state index is 12.2. The standard InChI is InChI=1S/C13H20ClN3O2/c1-4-15-12-7-10(11(14)8-16-12)13(19)17(3)6-5-9(2)18/h7-9,18H,4-6H2,1-3H3,(H,15,16). The lowest BCUT2D eigenvalue weighted by Crippen LogP contribution is -2.29. The molecule has 0 aromatic carbocycles. The van der Waals surface area contributed by atoms with E-state index < -0.39 is 6.10 Å². The number of nitrogens with one attached hydrogen (secondary N) is 1. The highest BCUT2D eigenvalue weighted by Crippen LogP contribution is 2.19. The van der Waals surface area contributed by atoms with Crippen molar-refractivity contribution in [2.45, 2.75) is 26.4 Å². The van der Waals surface area contributed by atoms with E-state index in [-0.39, 0.29) is 5.91 Å². The zero-order valence-corrected chi connectivity index (χ0v) is 12.2. The van der Waals surface area contributed by atoms with Crippen molar-refractivity contribution >= 4 is 23.3 Å². The fourth-order valence-corrected chi connectivity index (χ4v) is 1.75. The Morgan fingerprint density at radius 1 is 1.63 bits per heavy atom. The number of rotatable bonds is 6. The number of anilines is 1. The Morgan fingerprint density at radius 2 is 2.32 bits per heavy atom. The van der Waals surface area contributed by atoms with Crippen molar-refractivity contribution in [2.75, 3.05) is 25.5 Å². The number of amides is 1. The molecule has 1 atom stereocenters. The minimum absolute atomic E-state index is 0.174. The van der Waals surface area contributed by atoms with E-state index in [2.05, 4.69) is 10.3 Å². The normalized spacial score (nSPS) is 12.1. The molecule has 5 nitrogen and oxygen atoms in total.